The molecule has 0 saturated carbocycles. The van der Waals surface area contributed by atoms with Crippen LogP contribution in [0.4, 0.5) is 0 Å². The molecule has 0 spiro atoms. The SMILES string of the molecule is CCC(C)C(NN)c1scnc1C. The van der Waals surface area contributed by atoms with Crippen molar-refractivity contribution >= 4 is 11.3 Å². The lowest BCUT2D eigenvalue weighted by atomic mass is 9.98. The molecule has 0 fully saturated rings. The Kier molecular flexibility index (Phi) is 3.84. The largest absolute Gasteiger partial charge is 0.271 e. The van der Waals surface area contributed by atoms with E-state index in [1.54, 1.807) is 11.3 Å². The van der Waals surface area contributed by atoms with Crippen molar-refractivity contribution in [3.63, 3.8) is 0 Å². The minimum atomic E-state index is 0.248. The minimum Gasteiger partial charge on any atom is -0.271 e. The van der Waals surface area contributed by atoms with Crippen molar-refractivity contribution in [3.8, 4) is 0 Å². The number of hydrogen-bond acceptors (Lipinski definition) is 4. The zero-order valence-corrected chi connectivity index (χ0v) is 9.19. The summed E-state index contributed by atoms with van der Waals surface area (Å²) in [6.07, 6.45) is 1.12. The Morgan fingerprint density at radius 2 is 2.38 bits per heavy atom. The van der Waals surface area contributed by atoms with Gasteiger partial charge in [-0.1, -0.05) is 20.3 Å². The summed E-state index contributed by atoms with van der Waals surface area (Å²) < 4.78 is 0. The second-order valence-electron chi connectivity index (χ2n) is 3.33. The van der Waals surface area contributed by atoms with Crippen molar-refractivity contribution in [2.24, 2.45) is 11.8 Å². The number of aromatic nitrogens is 1. The molecule has 1 rings (SSSR count). The van der Waals surface area contributed by atoms with Crippen molar-refractivity contribution in [3.05, 3.63) is 16.1 Å². The number of nitrogens with two attached hydrogens (primary N) is 1. The molecule has 0 aliphatic carbocycles. The molecule has 4 heteroatoms. The molecule has 0 bridgehead atoms. The third-order valence-corrected chi connectivity index (χ3v) is 3.47. The molecule has 0 aliphatic heterocycles. The second-order valence-corrected chi connectivity index (χ2v) is 4.22. The molecule has 3 nitrogen and oxygen atoms in total. The zero-order valence-electron chi connectivity index (χ0n) is 8.37. The molecule has 0 aromatic carbocycles. The Balaban J connectivity index is 2.84. The van der Waals surface area contributed by atoms with E-state index in [2.05, 4.69) is 24.3 Å². The van der Waals surface area contributed by atoms with E-state index in [4.69, 9.17) is 5.84 Å². The highest BCUT2D eigenvalue weighted by atomic mass is 32.1. The van der Waals surface area contributed by atoms with Crippen LogP contribution in [-0.4, -0.2) is 4.98 Å². The monoisotopic (exact) mass is 199 g/mol. The van der Waals surface area contributed by atoms with Crippen LogP contribution >= 0.6 is 11.3 Å². The highest BCUT2D eigenvalue weighted by Crippen LogP contribution is 2.28. The Morgan fingerprint density at radius 3 is 2.77 bits per heavy atom. The van der Waals surface area contributed by atoms with Crippen LogP contribution in [0.5, 0.6) is 0 Å². The van der Waals surface area contributed by atoms with Gasteiger partial charge >= 0.3 is 0 Å². The maximum absolute atomic E-state index is 5.54. The first-order valence-electron chi connectivity index (χ1n) is 4.56. The summed E-state index contributed by atoms with van der Waals surface area (Å²) >= 11 is 1.67. The Morgan fingerprint density at radius 1 is 1.69 bits per heavy atom. The summed E-state index contributed by atoms with van der Waals surface area (Å²) in [7, 11) is 0. The number of hydrogen-bond donors (Lipinski definition) is 2. The van der Waals surface area contributed by atoms with Crippen LogP contribution in [0.25, 0.3) is 0 Å². The molecule has 0 amide bonds. The molecule has 2 atom stereocenters. The third-order valence-electron chi connectivity index (χ3n) is 2.46. The lowest BCUT2D eigenvalue weighted by Gasteiger charge is -2.21. The lowest BCUT2D eigenvalue weighted by molar-refractivity contribution is 0.386. The van der Waals surface area contributed by atoms with Gasteiger partial charge in [0.1, 0.15) is 0 Å². The molecule has 0 radical (unpaired) electrons. The first kappa shape index (κ1) is 10.6. The zero-order chi connectivity index (χ0) is 9.84. The maximum Gasteiger partial charge on any atom is 0.0798 e. The summed E-state index contributed by atoms with van der Waals surface area (Å²) in [6, 6.07) is 0.248. The molecular weight excluding hydrogens is 182 g/mol. The first-order chi connectivity index (χ1) is 6.20. The molecule has 3 N–H and O–H groups in total. The van der Waals surface area contributed by atoms with Crippen LogP contribution in [-0.2, 0) is 0 Å². The summed E-state index contributed by atoms with van der Waals surface area (Å²) in [5, 5.41) is 0. The molecule has 0 aliphatic rings. The van der Waals surface area contributed by atoms with E-state index in [0.29, 0.717) is 5.92 Å². The van der Waals surface area contributed by atoms with E-state index in [1.165, 1.54) is 4.88 Å². The van der Waals surface area contributed by atoms with Gasteiger partial charge < -0.3 is 0 Å². The van der Waals surface area contributed by atoms with Crippen LogP contribution in [0, 0.1) is 12.8 Å². The summed E-state index contributed by atoms with van der Waals surface area (Å²) in [4.78, 5) is 5.49. The highest BCUT2D eigenvalue weighted by molar-refractivity contribution is 7.09. The lowest BCUT2D eigenvalue weighted by Crippen LogP contribution is -2.32. The van der Waals surface area contributed by atoms with Crippen LogP contribution in [0.3, 0.4) is 0 Å². The van der Waals surface area contributed by atoms with Crippen LogP contribution in [0.1, 0.15) is 36.9 Å². The van der Waals surface area contributed by atoms with Gasteiger partial charge in [0.05, 0.1) is 17.2 Å². The van der Waals surface area contributed by atoms with Gasteiger partial charge in [-0.05, 0) is 12.8 Å². The Hall–Kier alpha value is -0.450. The number of aryl methyl sites for hydroxylation is 1. The summed E-state index contributed by atoms with van der Waals surface area (Å²) in [5.41, 5.74) is 5.83. The predicted octanol–water partition coefficient (Wildman–Crippen LogP) is 2.00. The van der Waals surface area contributed by atoms with E-state index < -0.39 is 0 Å². The van der Waals surface area contributed by atoms with Gasteiger partial charge in [0.2, 0.25) is 0 Å². The van der Waals surface area contributed by atoms with E-state index in [9.17, 15) is 0 Å². The van der Waals surface area contributed by atoms with Crippen molar-refractivity contribution in [1.82, 2.24) is 10.4 Å². The molecule has 1 aromatic rings. The van der Waals surface area contributed by atoms with E-state index in [-0.39, 0.29) is 6.04 Å². The average Bonchev–Trinajstić information content (AvgIpc) is 2.53. The Bertz CT molecular complexity index is 259. The normalized spacial score (nSPS) is 15.7. The van der Waals surface area contributed by atoms with Crippen molar-refractivity contribution in [1.29, 1.82) is 0 Å². The van der Waals surface area contributed by atoms with Gasteiger partial charge in [-0.3, -0.25) is 11.3 Å². The number of thiazole rings is 1. The van der Waals surface area contributed by atoms with E-state index in [0.717, 1.165) is 12.1 Å². The van der Waals surface area contributed by atoms with Crippen molar-refractivity contribution in [2.45, 2.75) is 33.2 Å². The molecule has 74 valence electrons. The van der Waals surface area contributed by atoms with Gasteiger partial charge in [-0.2, -0.15) is 0 Å². The van der Waals surface area contributed by atoms with Gasteiger partial charge in [0.25, 0.3) is 0 Å². The van der Waals surface area contributed by atoms with E-state index >= 15 is 0 Å². The molecule has 13 heavy (non-hydrogen) atoms. The van der Waals surface area contributed by atoms with Gasteiger partial charge in [0, 0.05) is 4.88 Å². The van der Waals surface area contributed by atoms with Crippen molar-refractivity contribution in [2.75, 3.05) is 0 Å². The number of nitrogens with zero attached hydrogens (tertiary/aromatic N) is 1. The number of rotatable bonds is 4. The fourth-order valence-electron chi connectivity index (χ4n) is 1.34. The van der Waals surface area contributed by atoms with Gasteiger partial charge in [0.15, 0.2) is 0 Å². The third kappa shape index (κ3) is 2.27. The first-order valence-corrected chi connectivity index (χ1v) is 5.44. The summed E-state index contributed by atoms with van der Waals surface area (Å²) in [5.74, 6) is 6.08. The quantitative estimate of drug-likeness (QED) is 0.576. The van der Waals surface area contributed by atoms with Crippen LogP contribution in [0.2, 0.25) is 0 Å². The topological polar surface area (TPSA) is 50.9 Å². The fraction of sp³-hybridized carbons (Fsp3) is 0.667. The van der Waals surface area contributed by atoms with Gasteiger partial charge in [-0.25, -0.2) is 4.98 Å². The van der Waals surface area contributed by atoms with Gasteiger partial charge in [-0.15, -0.1) is 11.3 Å². The second kappa shape index (κ2) is 4.69. The average molecular weight is 199 g/mol. The van der Waals surface area contributed by atoms with E-state index in [1.807, 2.05) is 12.4 Å². The van der Waals surface area contributed by atoms with Crippen LogP contribution < -0.4 is 11.3 Å². The smallest absolute Gasteiger partial charge is 0.0798 e. The summed E-state index contributed by atoms with van der Waals surface area (Å²) in [6.45, 7) is 6.40. The fourth-order valence-corrected chi connectivity index (χ4v) is 2.34. The number of nitrogens with one attached hydrogen (secondary N) is 1. The highest BCUT2D eigenvalue weighted by Gasteiger charge is 2.19. The van der Waals surface area contributed by atoms with Crippen molar-refractivity contribution < 1.29 is 0 Å². The standard InChI is InChI=1S/C9H17N3S/c1-4-6(2)8(12-10)9-7(3)11-5-13-9/h5-6,8,12H,4,10H2,1-3H3. The number of hydrazine groups is 1. The molecular formula is C9H17N3S. The minimum absolute atomic E-state index is 0.248. The molecule has 1 heterocycles. The van der Waals surface area contributed by atoms with Crippen LogP contribution in [0.15, 0.2) is 5.51 Å². The Labute approximate surface area is 83.3 Å². The molecule has 2 unspecified atom stereocenters. The molecule has 0 saturated heterocycles. The maximum atomic E-state index is 5.54. The predicted molar refractivity (Wildman–Crippen MR) is 56.4 cm³/mol. The molecule has 1 aromatic heterocycles.